The molecule has 7 nitrogen and oxygen atoms in total. The minimum absolute atomic E-state index is 0.0620. The maximum absolute atomic E-state index is 13.2. The zero-order valence-corrected chi connectivity index (χ0v) is 19.8. The van der Waals surface area contributed by atoms with Gasteiger partial charge in [-0.15, -0.1) is 10.2 Å². The number of thioether (sulfide) groups is 1. The Hall–Kier alpha value is -3.00. The number of carbonyl (C=O) groups is 1. The maximum atomic E-state index is 13.2. The van der Waals surface area contributed by atoms with Crippen LogP contribution in [0.5, 0.6) is 11.5 Å². The quantitative estimate of drug-likeness (QED) is 0.518. The van der Waals surface area contributed by atoms with E-state index in [1.54, 1.807) is 0 Å². The highest BCUT2D eigenvalue weighted by atomic mass is 32.2. The topological polar surface area (TPSA) is 69.5 Å². The monoisotopic (exact) mass is 464 g/mol. The molecule has 0 bridgehead atoms. The van der Waals surface area contributed by atoms with Crippen LogP contribution >= 0.6 is 11.8 Å². The van der Waals surface area contributed by atoms with Crippen molar-refractivity contribution in [1.82, 2.24) is 19.7 Å². The van der Waals surface area contributed by atoms with Gasteiger partial charge in [0.25, 0.3) is 0 Å². The van der Waals surface area contributed by atoms with Crippen LogP contribution in [0.3, 0.4) is 0 Å². The van der Waals surface area contributed by atoms with E-state index in [2.05, 4.69) is 47.5 Å². The van der Waals surface area contributed by atoms with Crippen LogP contribution in [0.1, 0.15) is 42.3 Å². The number of aromatic nitrogens is 3. The van der Waals surface area contributed by atoms with Crippen molar-refractivity contribution < 1.29 is 14.3 Å². The lowest BCUT2D eigenvalue weighted by atomic mass is 10.0. The van der Waals surface area contributed by atoms with Gasteiger partial charge in [-0.2, -0.15) is 0 Å². The molecule has 1 aromatic heterocycles. The number of hydrogen-bond donors (Lipinski definition) is 0. The summed E-state index contributed by atoms with van der Waals surface area (Å²) < 4.78 is 13.6. The number of rotatable bonds is 5. The lowest BCUT2D eigenvalue weighted by Crippen LogP contribution is -2.32. The van der Waals surface area contributed by atoms with Gasteiger partial charge in [0, 0.05) is 18.7 Å². The standard InChI is InChI=1S/C25H28N4O3S/c1-17-6-9-20(10-7-17)29-18(2)26-27-25(29)33-16-24(30)28-12-3-5-21(28)19-8-11-22-23(15-19)32-14-4-13-31-22/h6-11,15,21H,3-5,12-14,16H2,1-2H3/t21-/m1/s1. The first kappa shape index (κ1) is 21.8. The molecule has 3 heterocycles. The van der Waals surface area contributed by atoms with E-state index in [4.69, 9.17) is 9.47 Å². The van der Waals surface area contributed by atoms with Gasteiger partial charge in [-0.3, -0.25) is 9.36 Å². The Balaban J connectivity index is 1.30. The molecule has 5 rings (SSSR count). The van der Waals surface area contributed by atoms with Gasteiger partial charge in [0.1, 0.15) is 5.82 Å². The maximum Gasteiger partial charge on any atom is 0.233 e. The number of hydrogen-bond acceptors (Lipinski definition) is 6. The highest BCUT2D eigenvalue weighted by Gasteiger charge is 2.31. The second-order valence-electron chi connectivity index (χ2n) is 8.49. The normalized spacial score (nSPS) is 17.8. The minimum Gasteiger partial charge on any atom is -0.490 e. The van der Waals surface area contributed by atoms with E-state index in [0.29, 0.717) is 19.0 Å². The highest BCUT2D eigenvalue weighted by Crippen LogP contribution is 2.38. The number of likely N-dealkylation sites (tertiary alicyclic amines) is 1. The molecule has 0 aliphatic carbocycles. The van der Waals surface area contributed by atoms with Gasteiger partial charge in [-0.1, -0.05) is 35.5 Å². The fraction of sp³-hybridized carbons (Fsp3) is 0.400. The molecule has 1 saturated heterocycles. The highest BCUT2D eigenvalue weighted by molar-refractivity contribution is 7.99. The van der Waals surface area contributed by atoms with E-state index in [-0.39, 0.29) is 11.9 Å². The van der Waals surface area contributed by atoms with E-state index < -0.39 is 0 Å². The first-order chi connectivity index (χ1) is 16.1. The van der Waals surface area contributed by atoms with Gasteiger partial charge >= 0.3 is 0 Å². The summed E-state index contributed by atoms with van der Waals surface area (Å²) >= 11 is 1.44. The summed E-state index contributed by atoms with van der Waals surface area (Å²) in [6.45, 7) is 6.08. The van der Waals surface area contributed by atoms with Crippen molar-refractivity contribution >= 4 is 17.7 Å². The molecule has 0 spiro atoms. The Morgan fingerprint density at radius 1 is 1.03 bits per heavy atom. The Labute approximate surface area is 198 Å². The number of carbonyl (C=O) groups excluding carboxylic acids is 1. The van der Waals surface area contributed by atoms with E-state index >= 15 is 0 Å². The van der Waals surface area contributed by atoms with Crippen LogP contribution in [0.25, 0.3) is 5.69 Å². The molecule has 2 aliphatic rings. The van der Waals surface area contributed by atoms with E-state index in [1.165, 1.54) is 17.3 Å². The molecule has 8 heteroatoms. The fourth-order valence-electron chi connectivity index (χ4n) is 4.44. The fourth-order valence-corrected chi connectivity index (χ4v) is 5.32. The smallest absolute Gasteiger partial charge is 0.233 e. The largest absolute Gasteiger partial charge is 0.490 e. The number of ether oxygens (including phenoxy) is 2. The van der Waals surface area contributed by atoms with Crippen LogP contribution in [-0.2, 0) is 4.79 Å². The molecule has 0 saturated carbocycles. The van der Waals surface area contributed by atoms with E-state index in [0.717, 1.165) is 59.5 Å². The lowest BCUT2D eigenvalue weighted by molar-refractivity contribution is -0.129. The third-order valence-electron chi connectivity index (χ3n) is 6.14. The van der Waals surface area contributed by atoms with Gasteiger partial charge in [-0.05, 0) is 56.5 Å². The molecule has 172 valence electrons. The van der Waals surface area contributed by atoms with Crippen LogP contribution in [0, 0.1) is 13.8 Å². The summed E-state index contributed by atoms with van der Waals surface area (Å²) in [6, 6.07) is 14.4. The van der Waals surface area contributed by atoms with Crippen LogP contribution in [0.15, 0.2) is 47.6 Å². The van der Waals surface area contributed by atoms with Crippen molar-refractivity contribution in [1.29, 1.82) is 0 Å². The molecule has 33 heavy (non-hydrogen) atoms. The second-order valence-corrected chi connectivity index (χ2v) is 9.43. The zero-order chi connectivity index (χ0) is 22.8. The first-order valence-electron chi connectivity index (χ1n) is 11.4. The van der Waals surface area contributed by atoms with Crippen molar-refractivity contribution in [2.75, 3.05) is 25.5 Å². The molecule has 1 atom stereocenters. The number of benzene rings is 2. The molecule has 2 aromatic carbocycles. The van der Waals surface area contributed by atoms with Gasteiger partial charge < -0.3 is 14.4 Å². The lowest BCUT2D eigenvalue weighted by Gasteiger charge is -2.25. The summed E-state index contributed by atoms with van der Waals surface area (Å²) in [5.41, 5.74) is 3.31. The summed E-state index contributed by atoms with van der Waals surface area (Å²) in [7, 11) is 0. The molecular weight excluding hydrogens is 436 g/mol. The number of aryl methyl sites for hydroxylation is 2. The van der Waals surface area contributed by atoms with Crippen molar-refractivity contribution in [3.05, 3.63) is 59.4 Å². The third-order valence-corrected chi connectivity index (χ3v) is 7.06. The van der Waals surface area contributed by atoms with Crippen LogP contribution in [0.2, 0.25) is 0 Å². The van der Waals surface area contributed by atoms with Gasteiger partial charge in [0.05, 0.1) is 25.0 Å². The van der Waals surface area contributed by atoms with Crippen LogP contribution in [0.4, 0.5) is 0 Å². The Morgan fingerprint density at radius 2 is 1.82 bits per heavy atom. The number of fused-ring (bicyclic) bond motifs is 1. The number of amides is 1. The Kier molecular flexibility index (Phi) is 6.26. The number of nitrogens with zero attached hydrogens (tertiary/aromatic N) is 4. The molecule has 0 unspecified atom stereocenters. The van der Waals surface area contributed by atoms with Gasteiger partial charge in [0.2, 0.25) is 5.91 Å². The molecule has 1 fully saturated rings. The van der Waals surface area contributed by atoms with Crippen LogP contribution < -0.4 is 9.47 Å². The second kappa shape index (κ2) is 9.47. The predicted molar refractivity (Wildman–Crippen MR) is 127 cm³/mol. The van der Waals surface area contributed by atoms with Crippen molar-refractivity contribution in [2.45, 2.75) is 44.3 Å². The van der Waals surface area contributed by atoms with Gasteiger partial charge in [-0.25, -0.2) is 0 Å². The van der Waals surface area contributed by atoms with E-state index in [1.807, 2.05) is 28.5 Å². The third kappa shape index (κ3) is 4.57. The molecule has 1 amide bonds. The van der Waals surface area contributed by atoms with E-state index in [9.17, 15) is 4.79 Å². The average Bonchev–Trinajstić information content (AvgIpc) is 3.38. The summed E-state index contributed by atoms with van der Waals surface area (Å²) in [6.07, 6.45) is 2.82. The predicted octanol–water partition coefficient (Wildman–Crippen LogP) is 4.50. The minimum atomic E-state index is 0.0620. The van der Waals surface area contributed by atoms with Crippen LogP contribution in [-0.4, -0.2) is 51.1 Å². The molecule has 3 aromatic rings. The Bertz CT molecular complexity index is 1150. The summed E-state index contributed by atoms with van der Waals surface area (Å²) in [5.74, 6) is 2.81. The van der Waals surface area contributed by atoms with Crippen molar-refractivity contribution in [3.63, 3.8) is 0 Å². The van der Waals surface area contributed by atoms with Crippen molar-refractivity contribution in [3.8, 4) is 17.2 Å². The average molecular weight is 465 g/mol. The van der Waals surface area contributed by atoms with Gasteiger partial charge in [0.15, 0.2) is 16.7 Å². The van der Waals surface area contributed by atoms with Crippen molar-refractivity contribution in [2.24, 2.45) is 0 Å². The molecule has 0 radical (unpaired) electrons. The first-order valence-corrected chi connectivity index (χ1v) is 12.4. The molecule has 2 aliphatic heterocycles. The molecular formula is C25H28N4O3S. The summed E-state index contributed by atoms with van der Waals surface area (Å²) in [4.78, 5) is 15.2. The summed E-state index contributed by atoms with van der Waals surface area (Å²) in [5, 5.41) is 9.30. The molecule has 0 N–H and O–H groups in total. The Morgan fingerprint density at radius 3 is 2.64 bits per heavy atom. The zero-order valence-electron chi connectivity index (χ0n) is 19.0. The SMILES string of the molecule is Cc1ccc(-n2c(C)nnc2SCC(=O)N2CCC[C@@H]2c2ccc3c(c2)OCCCO3)cc1.